The van der Waals surface area contributed by atoms with Crippen LogP contribution < -0.4 is 5.32 Å². The number of aromatic nitrogens is 2. The van der Waals surface area contributed by atoms with Crippen LogP contribution in [0.3, 0.4) is 0 Å². The van der Waals surface area contributed by atoms with E-state index in [9.17, 15) is 4.79 Å². The summed E-state index contributed by atoms with van der Waals surface area (Å²) in [5.41, 5.74) is 3.14. The maximum Gasteiger partial charge on any atom is 0.257 e. The maximum absolute atomic E-state index is 12.3. The molecule has 2 aromatic heterocycles. The van der Waals surface area contributed by atoms with Gasteiger partial charge in [-0.15, -0.1) is 0 Å². The minimum absolute atomic E-state index is 0.253. The molecule has 0 aliphatic heterocycles. The number of amides is 1. The molecule has 0 unspecified atom stereocenters. The smallest absolute Gasteiger partial charge is 0.257 e. The zero-order chi connectivity index (χ0) is 18.1. The molecule has 0 aliphatic carbocycles. The average molecular weight is 429 g/mol. The highest BCUT2D eigenvalue weighted by Gasteiger charge is 2.11. The Balaban J connectivity index is 1.62. The number of pyridine rings is 1. The quantitative estimate of drug-likeness (QED) is 0.464. The van der Waals surface area contributed by atoms with Crippen molar-refractivity contribution in [2.75, 3.05) is 5.32 Å². The number of oxazole rings is 1. The molecule has 4 aromatic rings. The van der Waals surface area contributed by atoms with Crippen molar-refractivity contribution in [1.82, 2.24) is 9.97 Å². The predicted molar refractivity (Wildman–Crippen MR) is 104 cm³/mol. The first-order valence-electron chi connectivity index (χ1n) is 7.67. The fourth-order valence-corrected chi connectivity index (χ4v) is 3.04. The summed E-state index contributed by atoms with van der Waals surface area (Å²) in [7, 11) is 0. The lowest BCUT2D eigenvalue weighted by atomic mass is 10.2. The van der Waals surface area contributed by atoms with Gasteiger partial charge in [-0.2, -0.15) is 0 Å². The standard InChI is InChI=1S/C19H11BrClN3O2/c20-13-6-12(9-22-10-13)18(25)23-15-4-5-17-16(8-15)24-19(26-17)11-2-1-3-14(21)7-11/h1-10H,(H,23,25). The normalized spacial score (nSPS) is 10.8. The first kappa shape index (κ1) is 16.8. The first-order chi connectivity index (χ1) is 12.6. The van der Waals surface area contributed by atoms with Crippen LogP contribution in [0.5, 0.6) is 0 Å². The minimum atomic E-state index is -0.253. The van der Waals surface area contributed by atoms with Gasteiger partial charge in [-0.1, -0.05) is 17.7 Å². The molecular formula is C19H11BrClN3O2. The number of hydrogen-bond donors (Lipinski definition) is 1. The Morgan fingerprint density at radius 1 is 1.12 bits per heavy atom. The number of fused-ring (bicyclic) bond motifs is 1. The molecule has 26 heavy (non-hydrogen) atoms. The van der Waals surface area contributed by atoms with Crippen molar-refractivity contribution in [3.05, 3.63) is 76.0 Å². The summed E-state index contributed by atoms with van der Waals surface area (Å²) in [6.07, 6.45) is 3.13. The Hall–Kier alpha value is -2.70. The summed E-state index contributed by atoms with van der Waals surface area (Å²) in [6.45, 7) is 0. The van der Waals surface area contributed by atoms with Gasteiger partial charge >= 0.3 is 0 Å². The van der Waals surface area contributed by atoms with Crippen LogP contribution in [-0.2, 0) is 0 Å². The third-order valence-corrected chi connectivity index (χ3v) is 4.35. The average Bonchev–Trinajstić information content (AvgIpc) is 3.05. The second-order valence-corrected chi connectivity index (χ2v) is 6.91. The third kappa shape index (κ3) is 3.47. The summed E-state index contributed by atoms with van der Waals surface area (Å²) in [5.74, 6) is 0.221. The lowest BCUT2D eigenvalue weighted by molar-refractivity contribution is 0.102. The Labute approximate surface area is 162 Å². The van der Waals surface area contributed by atoms with Gasteiger partial charge in [0, 0.05) is 33.1 Å². The van der Waals surface area contributed by atoms with Gasteiger partial charge in [-0.25, -0.2) is 4.98 Å². The highest BCUT2D eigenvalue weighted by molar-refractivity contribution is 9.10. The minimum Gasteiger partial charge on any atom is -0.436 e. The Morgan fingerprint density at radius 2 is 2.00 bits per heavy atom. The lowest BCUT2D eigenvalue weighted by Gasteiger charge is -2.04. The van der Waals surface area contributed by atoms with Gasteiger partial charge < -0.3 is 9.73 Å². The largest absolute Gasteiger partial charge is 0.436 e. The summed E-state index contributed by atoms with van der Waals surface area (Å²) in [6, 6.07) is 14.3. The zero-order valence-electron chi connectivity index (χ0n) is 13.2. The SMILES string of the molecule is O=C(Nc1ccc2oc(-c3cccc(Cl)c3)nc2c1)c1cncc(Br)c1. The maximum atomic E-state index is 12.3. The van der Waals surface area contributed by atoms with Crippen LogP contribution in [-0.4, -0.2) is 15.9 Å². The van der Waals surface area contributed by atoms with E-state index in [2.05, 4.69) is 31.2 Å². The molecule has 0 aliphatic rings. The zero-order valence-corrected chi connectivity index (χ0v) is 15.6. The molecule has 5 nitrogen and oxygen atoms in total. The Kier molecular flexibility index (Phi) is 4.44. The molecule has 0 spiro atoms. The molecule has 7 heteroatoms. The number of benzene rings is 2. The van der Waals surface area contributed by atoms with Crippen molar-refractivity contribution < 1.29 is 9.21 Å². The van der Waals surface area contributed by atoms with E-state index >= 15 is 0 Å². The van der Waals surface area contributed by atoms with E-state index in [-0.39, 0.29) is 5.91 Å². The van der Waals surface area contributed by atoms with Crippen molar-refractivity contribution in [2.45, 2.75) is 0 Å². The summed E-state index contributed by atoms with van der Waals surface area (Å²) in [4.78, 5) is 20.8. The monoisotopic (exact) mass is 427 g/mol. The molecular weight excluding hydrogens is 418 g/mol. The van der Waals surface area contributed by atoms with Crippen molar-refractivity contribution in [1.29, 1.82) is 0 Å². The van der Waals surface area contributed by atoms with E-state index in [0.717, 1.165) is 10.0 Å². The fourth-order valence-electron chi connectivity index (χ4n) is 2.49. The fraction of sp³-hybridized carbons (Fsp3) is 0. The summed E-state index contributed by atoms with van der Waals surface area (Å²) >= 11 is 9.32. The Bertz CT molecular complexity index is 1130. The molecule has 0 fully saturated rings. The molecule has 4 rings (SSSR count). The van der Waals surface area contributed by atoms with Crippen molar-refractivity contribution in [2.24, 2.45) is 0 Å². The summed E-state index contributed by atoms with van der Waals surface area (Å²) in [5, 5.41) is 3.44. The highest BCUT2D eigenvalue weighted by atomic mass is 79.9. The number of halogens is 2. The van der Waals surface area contributed by atoms with Crippen LogP contribution in [0, 0.1) is 0 Å². The van der Waals surface area contributed by atoms with Crippen molar-refractivity contribution >= 4 is 50.2 Å². The number of hydrogen-bond acceptors (Lipinski definition) is 4. The van der Waals surface area contributed by atoms with Crippen LogP contribution in [0.25, 0.3) is 22.6 Å². The molecule has 0 saturated carbocycles. The molecule has 0 saturated heterocycles. The van der Waals surface area contributed by atoms with Crippen LogP contribution >= 0.6 is 27.5 Å². The molecule has 2 heterocycles. The van der Waals surface area contributed by atoms with Crippen molar-refractivity contribution in [3.8, 4) is 11.5 Å². The van der Waals surface area contributed by atoms with Gasteiger partial charge in [0.25, 0.3) is 5.91 Å². The van der Waals surface area contributed by atoms with Crippen LogP contribution in [0.1, 0.15) is 10.4 Å². The number of carbonyl (C=O) groups excluding carboxylic acids is 1. The third-order valence-electron chi connectivity index (χ3n) is 3.68. The number of nitrogens with one attached hydrogen (secondary N) is 1. The predicted octanol–water partition coefficient (Wildman–Crippen LogP) is 5.56. The number of rotatable bonds is 3. The first-order valence-corrected chi connectivity index (χ1v) is 8.84. The van der Waals surface area contributed by atoms with Crippen molar-refractivity contribution in [3.63, 3.8) is 0 Å². The Morgan fingerprint density at radius 3 is 2.81 bits per heavy atom. The number of nitrogens with zero attached hydrogens (tertiary/aromatic N) is 2. The second-order valence-electron chi connectivity index (χ2n) is 5.56. The number of carbonyl (C=O) groups is 1. The highest BCUT2D eigenvalue weighted by Crippen LogP contribution is 2.27. The topological polar surface area (TPSA) is 68.0 Å². The van der Waals surface area contributed by atoms with Crippen LogP contribution in [0.2, 0.25) is 5.02 Å². The van der Waals surface area contributed by atoms with E-state index in [1.807, 2.05) is 12.1 Å². The van der Waals surface area contributed by atoms with Gasteiger partial charge in [-0.05, 0) is 58.4 Å². The lowest BCUT2D eigenvalue weighted by Crippen LogP contribution is -2.12. The van der Waals surface area contributed by atoms with Gasteiger partial charge in [0.15, 0.2) is 5.58 Å². The molecule has 0 radical (unpaired) electrons. The van der Waals surface area contributed by atoms with E-state index < -0.39 is 0 Å². The van der Waals surface area contributed by atoms with E-state index in [1.165, 1.54) is 6.20 Å². The molecule has 1 N–H and O–H groups in total. The molecule has 0 bridgehead atoms. The summed E-state index contributed by atoms with van der Waals surface area (Å²) < 4.78 is 6.51. The molecule has 2 aromatic carbocycles. The van der Waals surface area contributed by atoms with Gasteiger partial charge in [0.1, 0.15) is 5.52 Å². The van der Waals surface area contributed by atoms with Gasteiger partial charge in [0.2, 0.25) is 5.89 Å². The van der Waals surface area contributed by atoms with Crippen LogP contribution in [0.4, 0.5) is 5.69 Å². The number of anilines is 1. The van der Waals surface area contributed by atoms with E-state index in [1.54, 1.807) is 42.6 Å². The van der Waals surface area contributed by atoms with E-state index in [0.29, 0.717) is 33.3 Å². The van der Waals surface area contributed by atoms with Gasteiger partial charge in [0.05, 0.1) is 5.56 Å². The molecule has 1 amide bonds. The second kappa shape index (κ2) is 6.90. The molecule has 128 valence electrons. The van der Waals surface area contributed by atoms with Crippen LogP contribution in [0.15, 0.2) is 69.8 Å². The molecule has 0 atom stereocenters. The van der Waals surface area contributed by atoms with E-state index in [4.69, 9.17) is 16.0 Å². The van der Waals surface area contributed by atoms with Gasteiger partial charge in [-0.3, -0.25) is 9.78 Å².